The van der Waals surface area contributed by atoms with E-state index in [0.29, 0.717) is 38.9 Å². The Bertz CT molecular complexity index is 608. The highest BCUT2D eigenvalue weighted by atomic mass is 32.2. The van der Waals surface area contributed by atoms with Gasteiger partial charge in [-0.05, 0) is 36.5 Å². The second kappa shape index (κ2) is 6.55. The molecular formula is C14H21N3O3S. The van der Waals surface area contributed by atoms with Gasteiger partial charge in [0.1, 0.15) is 0 Å². The van der Waals surface area contributed by atoms with E-state index in [2.05, 4.69) is 0 Å². The number of benzene rings is 1. The largest absolute Gasteiger partial charge is 0.370 e. The van der Waals surface area contributed by atoms with Crippen LogP contribution in [0.3, 0.4) is 0 Å². The van der Waals surface area contributed by atoms with E-state index in [0.717, 1.165) is 5.56 Å². The third kappa shape index (κ3) is 3.81. The molecule has 1 amide bonds. The predicted octanol–water partition coefficient (Wildman–Crippen LogP) is 0.421. The third-order valence-corrected chi connectivity index (χ3v) is 5.73. The van der Waals surface area contributed by atoms with Crippen molar-refractivity contribution < 1.29 is 13.2 Å². The van der Waals surface area contributed by atoms with Crippen LogP contribution in [0.4, 0.5) is 0 Å². The summed E-state index contributed by atoms with van der Waals surface area (Å²) in [6.45, 7) is 1.16. The molecule has 0 atom stereocenters. The summed E-state index contributed by atoms with van der Waals surface area (Å²) in [5.74, 6) is -0.142. The molecular weight excluding hydrogens is 290 g/mol. The smallest absolute Gasteiger partial charge is 0.243 e. The fourth-order valence-electron chi connectivity index (χ4n) is 2.62. The Hall–Kier alpha value is -1.44. The van der Waals surface area contributed by atoms with Crippen LogP contribution in [0.15, 0.2) is 29.2 Å². The lowest BCUT2D eigenvalue weighted by molar-refractivity contribution is -0.119. The minimum atomic E-state index is -3.48. The van der Waals surface area contributed by atoms with Crippen LogP contribution >= 0.6 is 0 Å². The van der Waals surface area contributed by atoms with Crippen molar-refractivity contribution in [2.75, 3.05) is 13.1 Å². The van der Waals surface area contributed by atoms with E-state index in [1.165, 1.54) is 4.31 Å². The molecule has 0 spiro atoms. The quantitative estimate of drug-likeness (QED) is 0.822. The van der Waals surface area contributed by atoms with Crippen molar-refractivity contribution in [2.45, 2.75) is 30.7 Å². The van der Waals surface area contributed by atoms with E-state index < -0.39 is 10.0 Å². The Morgan fingerprint density at radius 2 is 1.95 bits per heavy atom. The van der Waals surface area contributed by atoms with E-state index in [9.17, 15) is 13.2 Å². The minimum Gasteiger partial charge on any atom is -0.370 e. The molecule has 1 aliphatic rings. The number of nitrogens with zero attached hydrogens (tertiary/aromatic N) is 1. The summed E-state index contributed by atoms with van der Waals surface area (Å²) in [5, 5.41) is 0. The minimum absolute atomic E-state index is 0.185. The molecule has 1 aromatic carbocycles. The fraction of sp³-hybridized carbons (Fsp3) is 0.500. The number of sulfonamides is 1. The lowest BCUT2D eigenvalue weighted by Crippen LogP contribution is -2.39. The highest BCUT2D eigenvalue weighted by molar-refractivity contribution is 7.89. The molecule has 0 aliphatic carbocycles. The maximum atomic E-state index is 12.6. The van der Waals surface area contributed by atoms with Gasteiger partial charge in [0.05, 0.1) is 4.90 Å². The molecule has 1 aromatic rings. The van der Waals surface area contributed by atoms with E-state index in [-0.39, 0.29) is 16.7 Å². The zero-order valence-corrected chi connectivity index (χ0v) is 12.7. The highest BCUT2D eigenvalue weighted by Crippen LogP contribution is 2.25. The van der Waals surface area contributed by atoms with Crippen molar-refractivity contribution in [3.05, 3.63) is 29.8 Å². The highest BCUT2D eigenvalue weighted by Gasteiger charge is 2.29. The van der Waals surface area contributed by atoms with Crippen molar-refractivity contribution >= 4 is 15.9 Å². The number of piperidine rings is 1. The topological polar surface area (TPSA) is 106 Å². The van der Waals surface area contributed by atoms with E-state index >= 15 is 0 Å². The van der Waals surface area contributed by atoms with Gasteiger partial charge in [0, 0.05) is 26.1 Å². The zero-order valence-electron chi connectivity index (χ0n) is 11.9. The van der Waals surface area contributed by atoms with Crippen LogP contribution < -0.4 is 11.5 Å². The first-order valence-electron chi connectivity index (χ1n) is 7.01. The van der Waals surface area contributed by atoms with E-state index in [1.807, 2.05) is 0 Å². The second-order valence-corrected chi connectivity index (χ2v) is 7.31. The van der Waals surface area contributed by atoms with Crippen molar-refractivity contribution in [1.29, 1.82) is 0 Å². The summed E-state index contributed by atoms with van der Waals surface area (Å²) < 4.78 is 26.6. The van der Waals surface area contributed by atoms with E-state index in [4.69, 9.17) is 11.5 Å². The number of hydrogen-bond donors (Lipinski definition) is 2. The molecule has 1 heterocycles. The predicted molar refractivity (Wildman–Crippen MR) is 79.6 cm³/mol. The molecule has 0 bridgehead atoms. The number of hydrogen-bond acceptors (Lipinski definition) is 4. The van der Waals surface area contributed by atoms with Gasteiger partial charge in [-0.1, -0.05) is 12.1 Å². The summed E-state index contributed by atoms with van der Waals surface area (Å²) in [6, 6.07) is 6.71. The molecule has 4 N–H and O–H groups in total. The lowest BCUT2D eigenvalue weighted by Gasteiger charge is -2.30. The van der Waals surface area contributed by atoms with Crippen LogP contribution in [0.5, 0.6) is 0 Å². The number of primary amides is 1. The summed E-state index contributed by atoms with van der Waals surface area (Å²) >= 11 is 0. The first-order valence-corrected chi connectivity index (χ1v) is 8.45. The third-order valence-electron chi connectivity index (χ3n) is 3.84. The van der Waals surface area contributed by atoms with Gasteiger partial charge in [-0.2, -0.15) is 4.31 Å². The standard InChI is InChI=1S/C14H21N3O3S/c15-10-12-2-1-3-13(8-12)21(19,20)17-6-4-11(5-7-17)9-14(16)18/h1-3,8,11H,4-7,9-10,15H2,(H2,16,18). The molecule has 0 saturated carbocycles. The van der Waals surface area contributed by atoms with Gasteiger partial charge in [0.25, 0.3) is 0 Å². The van der Waals surface area contributed by atoms with Crippen LogP contribution in [0, 0.1) is 5.92 Å². The number of nitrogens with two attached hydrogens (primary N) is 2. The number of amides is 1. The monoisotopic (exact) mass is 311 g/mol. The summed E-state index contributed by atoms with van der Waals surface area (Å²) in [6.07, 6.45) is 1.66. The molecule has 1 fully saturated rings. The lowest BCUT2D eigenvalue weighted by atomic mass is 9.94. The van der Waals surface area contributed by atoms with Crippen LogP contribution in [0.25, 0.3) is 0 Å². The zero-order chi connectivity index (χ0) is 15.5. The summed E-state index contributed by atoms with van der Waals surface area (Å²) in [5.41, 5.74) is 11.5. The molecule has 1 saturated heterocycles. The van der Waals surface area contributed by atoms with Crippen molar-refractivity contribution in [3.8, 4) is 0 Å². The molecule has 6 nitrogen and oxygen atoms in total. The molecule has 1 aliphatic heterocycles. The maximum absolute atomic E-state index is 12.6. The molecule has 0 aromatic heterocycles. The SMILES string of the molecule is NCc1cccc(S(=O)(=O)N2CCC(CC(N)=O)CC2)c1. The van der Waals surface area contributed by atoms with Gasteiger partial charge in [0.15, 0.2) is 0 Å². The molecule has 7 heteroatoms. The Balaban J connectivity index is 2.09. The number of rotatable bonds is 5. The first kappa shape index (κ1) is 15.9. The summed E-state index contributed by atoms with van der Waals surface area (Å²) in [4.78, 5) is 11.2. The van der Waals surface area contributed by atoms with Crippen molar-refractivity contribution in [2.24, 2.45) is 17.4 Å². The average Bonchev–Trinajstić information content (AvgIpc) is 2.47. The fourth-order valence-corrected chi connectivity index (χ4v) is 4.16. The Morgan fingerprint density at radius 1 is 1.29 bits per heavy atom. The average molecular weight is 311 g/mol. The molecule has 0 radical (unpaired) electrons. The normalized spacial score (nSPS) is 17.8. The van der Waals surface area contributed by atoms with Gasteiger partial charge in [-0.15, -0.1) is 0 Å². The molecule has 21 heavy (non-hydrogen) atoms. The summed E-state index contributed by atoms with van der Waals surface area (Å²) in [7, 11) is -3.48. The Labute approximate surface area is 125 Å². The van der Waals surface area contributed by atoms with Crippen molar-refractivity contribution in [3.63, 3.8) is 0 Å². The maximum Gasteiger partial charge on any atom is 0.243 e. The Kier molecular flexibility index (Phi) is 4.97. The van der Waals surface area contributed by atoms with Crippen molar-refractivity contribution in [1.82, 2.24) is 4.31 Å². The molecule has 2 rings (SSSR count). The molecule has 0 unspecified atom stereocenters. The van der Waals surface area contributed by atoms with Gasteiger partial charge in [-0.25, -0.2) is 8.42 Å². The second-order valence-electron chi connectivity index (χ2n) is 5.37. The number of carbonyl (C=O) groups excluding carboxylic acids is 1. The van der Waals surface area contributed by atoms with Crippen LogP contribution in [0.2, 0.25) is 0 Å². The van der Waals surface area contributed by atoms with Crippen LogP contribution in [-0.4, -0.2) is 31.7 Å². The van der Waals surface area contributed by atoms with E-state index in [1.54, 1.807) is 24.3 Å². The first-order chi connectivity index (χ1) is 9.93. The van der Waals surface area contributed by atoms with Crippen LogP contribution in [-0.2, 0) is 21.4 Å². The number of carbonyl (C=O) groups is 1. The molecule has 116 valence electrons. The van der Waals surface area contributed by atoms with Gasteiger partial charge in [0.2, 0.25) is 15.9 Å². The van der Waals surface area contributed by atoms with Crippen LogP contribution in [0.1, 0.15) is 24.8 Å². The van der Waals surface area contributed by atoms with Gasteiger partial charge >= 0.3 is 0 Å². The van der Waals surface area contributed by atoms with Gasteiger partial charge in [-0.3, -0.25) is 4.79 Å². The van der Waals surface area contributed by atoms with Gasteiger partial charge < -0.3 is 11.5 Å². The Morgan fingerprint density at radius 3 is 2.52 bits per heavy atom.